The number of aromatic nitrogens is 1. The third kappa shape index (κ3) is 8.48. The summed E-state index contributed by atoms with van der Waals surface area (Å²) in [5.74, 6) is -2.38. The van der Waals surface area contributed by atoms with Crippen LogP contribution in [0.25, 0.3) is 0 Å². The Bertz CT molecular complexity index is 1720. The Hall–Kier alpha value is -5.24. The van der Waals surface area contributed by atoms with Crippen molar-refractivity contribution in [1.29, 1.82) is 0 Å². The number of hydrogen-bond donors (Lipinski definition) is 4. The zero-order valence-electron chi connectivity index (χ0n) is 28.0. The van der Waals surface area contributed by atoms with Gasteiger partial charge in [0, 0.05) is 38.0 Å². The van der Waals surface area contributed by atoms with E-state index in [9.17, 15) is 29.1 Å². The highest BCUT2D eigenvalue weighted by molar-refractivity contribution is 5.94. The Balaban J connectivity index is 1.34. The lowest BCUT2D eigenvalue weighted by atomic mass is 9.93. The predicted molar refractivity (Wildman–Crippen MR) is 179 cm³/mol. The monoisotopic (exact) mass is 686 g/mol. The van der Waals surface area contributed by atoms with Crippen molar-refractivity contribution in [2.75, 3.05) is 32.8 Å². The first-order chi connectivity index (χ1) is 24.0. The Morgan fingerprint density at radius 3 is 2.46 bits per heavy atom. The first-order valence-corrected chi connectivity index (χ1v) is 16.9. The van der Waals surface area contributed by atoms with Crippen LogP contribution in [0.5, 0.6) is 5.75 Å². The molecule has 0 unspecified atom stereocenters. The van der Waals surface area contributed by atoms with Crippen LogP contribution in [0.1, 0.15) is 53.1 Å². The molecule has 2 aromatic carbocycles. The van der Waals surface area contributed by atoms with Crippen LogP contribution in [0.4, 0.5) is 0 Å². The fraction of sp³-hybridized carbons (Fsp3) is 0.444. The van der Waals surface area contributed by atoms with Crippen LogP contribution in [0.15, 0.2) is 65.2 Å². The van der Waals surface area contributed by atoms with Gasteiger partial charge in [0.25, 0.3) is 11.8 Å². The van der Waals surface area contributed by atoms with Gasteiger partial charge in [0.1, 0.15) is 17.8 Å². The maximum absolute atomic E-state index is 14.1. The van der Waals surface area contributed by atoms with Crippen molar-refractivity contribution in [2.45, 2.75) is 63.3 Å². The highest BCUT2D eigenvalue weighted by Gasteiger charge is 2.40. The summed E-state index contributed by atoms with van der Waals surface area (Å²) in [6, 6.07) is 14.9. The Kier molecular flexibility index (Phi) is 10.5. The molecule has 14 nitrogen and oxygen atoms in total. The van der Waals surface area contributed by atoms with E-state index in [1.807, 2.05) is 36.4 Å². The van der Waals surface area contributed by atoms with Gasteiger partial charge in [0.15, 0.2) is 6.61 Å². The summed E-state index contributed by atoms with van der Waals surface area (Å²) in [5, 5.41) is 22.9. The number of aryl methyl sites for hydroxylation is 1. The second kappa shape index (κ2) is 15.1. The Labute approximate surface area is 289 Å². The molecule has 50 heavy (non-hydrogen) atoms. The predicted octanol–water partition coefficient (Wildman–Crippen LogP) is 0.932. The number of nitrogens with one attached hydrogen (secondary N) is 3. The zero-order valence-corrected chi connectivity index (χ0v) is 28.0. The molecule has 14 heteroatoms. The molecular weight excluding hydrogens is 644 g/mol. The number of aliphatic hydroxyl groups is 1. The van der Waals surface area contributed by atoms with E-state index in [1.54, 1.807) is 36.1 Å². The maximum Gasteiger partial charge on any atom is 0.292 e. The number of ether oxygens (including phenoxy) is 1. The smallest absolute Gasteiger partial charge is 0.292 e. The molecule has 2 fully saturated rings. The van der Waals surface area contributed by atoms with E-state index in [4.69, 9.17) is 9.26 Å². The van der Waals surface area contributed by atoms with Gasteiger partial charge < -0.3 is 40.1 Å². The van der Waals surface area contributed by atoms with Crippen LogP contribution in [0.3, 0.4) is 0 Å². The maximum atomic E-state index is 14.1. The van der Waals surface area contributed by atoms with E-state index in [0.717, 1.165) is 24.0 Å². The van der Waals surface area contributed by atoms with Crippen molar-refractivity contribution in [3.8, 4) is 5.75 Å². The van der Waals surface area contributed by atoms with Gasteiger partial charge in [-0.15, -0.1) is 0 Å². The van der Waals surface area contributed by atoms with Crippen LogP contribution in [0.2, 0.25) is 0 Å². The van der Waals surface area contributed by atoms with Gasteiger partial charge in [-0.3, -0.25) is 24.0 Å². The quantitative estimate of drug-likeness (QED) is 0.293. The summed E-state index contributed by atoms with van der Waals surface area (Å²) >= 11 is 0. The number of carbonyl (C=O) groups is 5. The molecule has 1 saturated carbocycles. The van der Waals surface area contributed by atoms with Gasteiger partial charge in [-0.1, -0.05) is 47.6 Å². The van der Waals surface area contributed by atoms with Gasteiger partial charge in [0.05, 0.1) is 24.4 Å². The number of benzene rings is 2. The Morgan fingerprint density at radius 1 is 0.980 bits per heavy atom. The second-order valence-corrected chi connectivity index (χ2v) is 13.4. The van der Waals surface area contributed by atoms with Gasteiger partial charge in [-0.2, -0.15) is 0 Å². The number of rotatable bonds is 6. The Morgan fingerprint density at radius 2 is 1.76 bits per heavy atom. The lowest BCUT2D eigenvalue weighted by molar-refractivity contribution is -0.143. The third-order valence-corrected chi connectivity index (χ3v) is 9.25. The summed E-state index contributed by atoms with van der Waals surface area (Å²) in [7, 11) is 0. The fourth-order valence-corrected chi connectivity index (χ4v) is 6.46. The number of hydrogen-bond acceptors (Lipinski definition) is 9. The third-order valence-electron chi connectivity index (χ3n) is 9.25. The molecule has 264 valence electrons. The number of fused-ring (bicyclic) bond motifs is 4. The first kappa shape index (κ1) is 34.6. The summed E-state index contributed by atoms with van der Waals surface area (Å²) in [6.07, 6.45) is 0.692. The van der Waals surface area contributed by atoms with E-state index in [1.165, 1.54) is 11.8 Å². The number of likely N-dealkylation sites (tertiary alicyclic amines) is 1. The molecule has 3 heterocycles. The van der Waals surface area contributed by atoms with Gasteiger partial charge in [-0.25, -0.2) is 0 Å². The summed E-state index contributed by atoms with van der Waals surface area (Å²) in [5.41, 5.74) is 2.11. The average molecular weight is 687 g/mol. The fourth-order valence-electron chi connectivity index (χ4n) is 6.46. The van der Waals surface area contributed by atoms with E-state index < -0.39 is 54.5 Å². The van der Waals surface area contributed by atoms with Crippen molar-refractivity contribution < 1.29 is 38.3 Å². The van der Waals surface area contributed by atoms with Crippen molar-refractivity contribution >= 4 is 29.5 Å². The molecule has 5 amide bonds. The second-order valence-electron chi connectivity index (χ2n) is 13.4. The SMILES string of the molecule is Cc1cc(C(=O)N2C[C@@H]3NC(=O)[C@H](Cc4ccccc4)NC(=O)CN(CC4CC4)C(=O)[C@H]([C@@H](C)O)NC(=O)COc4cccc(c4)[C@H]3C2)on1. The largest absolute Gasteiger partial charge is 0.484 e. The topological polar surface area (TPSA) is 183 Å². The summed E-state index contributed by atoms with van der Waals surface area (Å²) in [6.45, 7) is 2.95. The average Bonchev–Trinajstić information content (AvgIpc) is 3.65. The van der Waals surface area contributed by atoms with Crippen LogP contribution in [0, 0.1) is 12.8 Å². The van der Waals surface area contributed by atoms with Gasteiger partial charge in [-0.05, 0) is 55.9 Å². The minimum Gasteiger partial charge on any atom is -0.484 e. The van der Waals surface area contributed by atoms with Crippen LogP contribution in [-0.2, 0) is 25.6 Å². The number of amides is 5. The molecule has 5 atom stereocenters. The molecule has 2 bridgehead atoms. The van der Waals surface area contributed by atoms with Gasteiger partial charge >= 0.3 is 0 Å². The molecule has 2 aliphatic heterocycles. The van der Waals surface area contributed by atoms with Crippen molar-refractivity contribution in [1.82, 2.24) is 30.9 Å². The molecule has 6 rings (SSSR count). The van der Waals surface area contributed by atoms with Crippen molar-refractivity contribution in [2.24, 2.45) is 5.92 Å². The summed E-state index contributed by atoms with van der Waals surface area (Å²) < 4.78 is 11.1. The van der Waals surface area contributed by atoms with E-state index >= 15 is 0 Å². The lowest BCUT2D eigenvalue weighted by Crippen LogP contribution is -2.58. The molecule has 1 aromatic heterocycles. The zero-order chi connectivity index (χ0) is 35.4. The first-order valence-electron chi connectivity index (χ1n) is 16.9. The van der Waals surface area contributed by atoms with Crippen LogP contribution >= 0.6 is 0 Å². The van der Waals surface area contributed by atoms with Crippen molar-refractivity contribution in [3.05, 3.63) is 83.2 Å². The summed E-state index contributed by atoms with van der Waals surface area (Å²) in [4.78, 5) is 70.9. The number of nitrogens with zero attached hydrogens (tertiary/aromatic N) is 3. The minimum atomic E-state index is -1.32. The normalized spacial score (nSPS) is 24.2. The molecule has 1 aliphatic carbocycles. The number of carbonyl (C=O) groups excluding carboxylic acids is 5. The lowest BCUT2D eigenvalue weighted by Gasteiger charge is -2.30. The van der Waals surface area contributed by atoms with Crippen molar-refractivity contribution in [3.63, 3.8) is 0 Å². The van der Waals surface area contributed by atoms with E-state index in [0.29, 0.717) is 11.4 Å². The molecule has 0 radical (unpaired) electrons. The van der Waals surface area contributed by atoms with Crippen LogP contribution < -0.4 is 20.7 Å². The molecule has 3 aromatic rings. The molecule has 4 N–H and O–H groups in total. The van der Waals surface area contributed by atoms with Gasteiger partial charge in [0.2, 0.25) is 23.5 Å². The molecular formula is C36H42N6O8. The van der Waals surface area contributed by atoms with E-state index in [-0.39, 0.29) is 56.1 Å². The highest BCUT2D eigenvalue weighted by atomic mass is 16.5. The standard InChI is InChI=1S/C36H42N6O8/c1-21-13-30(50-40-21)35(47)42-17-27-25-9-6-10-26(15-25)49-20-32(45)39-33(22(2)43)36(48)41(16-24-11-12-24)19-31(44)37-28(34(46)38-29(27)18-42)14-23-7-4-3-5-8-23/h3-10,13,15,22,24,27-29,33,43H,11-12,14,16-20H2,1-2H3,(H,37,44)(H,38,46)(H,39,45)/t22-,27-,28+,29+,33+/m1/s1. The van der Waals surface area contributed by atoms with E-state index in [2.05, 4.69) is 21.1 Å². The van der Waals surface area contributed by atoms with Crippen LogP contribution in [-0.4, -0.2) is 107 Å². The molecule has 0 spiro atoms. The molecule has 1 saturated heterocycles. The molecule has 3 aliphatic rings. The minimum absolute atomic E-state index is 0.0804. The number of aliphatic hydroxyl groups excluding tert-OH is 1. The highest BCUT2D eigenvalue weighted by Crippen LogP contribution is 2.32.